The van der Waals surface area contributed by atoms with Gasteiger partial charge in [0.2, 0.25) is 0 Å². The molecule has 1 unspecified atom stereocenters. The molecule has 0 saturated heterocycles. The number of hydrogen-bond donors (Lipinski definition) is 0. The van der Waals surface area contributed by atoms with Gasteiger partial charge in [-0.25, -0.2) is 14.4 Å². The summed E-state index contributed by atoms with van der Waals surface area (Å²) in [4.78, 5) is 31.5. The van der Waals surface area contributed by atoms with Crippen LogP contribution >= 0.6 is 11.8 Å². The van der Waals surface area contributed by atoms with Crippen molar-refractivity contribution in [2.75, 3.05) is 6.61 Å². The van der Waals surface area contributed by atoms with Gasteiger partial charge in [0, 0.05) is 45.0 Å². The first-order valence-corrected chi connectivity index (χ1v) is 15.3. The molecule has 0 fully saturated rings. The zero-order chi connectivity index (χ0) is 31.4. The molecule has 8 nitrogen and oxygen atoms in total. The van der Waals surface area contributed by atoms with E-state index in [-0.39, 0.29) is 17.3 Å². The summed E-state index contributed by atoms with van der Waals surface area (Å²) in [5.41, 5.74) is 5.20. The average Bonchev–Trinajstić information content (AvgIpc) is 3.25. The molecule has 0 bridgehead atoms. The van der Waals surface area contributed by atoms with E-state index in [2.05, 4.69) is 45.3 Å². The fourth-order valence-electron chi connectivity index (χ4n) is 4.98. The summed E-state index contributed by atoms with van der Waals surface area (Å²) >= 11 is 1.72. The van der Waals surface area contributed by atoms with E-state index in [9.17, 15) is 9.18 Å². The third-order valence-corrected chi connectivity index (χ3v) is 8.22. The summed E-state index contributed by atoms with van der Waals surface area (Å²) in [5, 5.41) is 1.01. The number of esters is 1. The molecule has 44 heavy (non-hydrogen) atoms. The summed E-state index contributed by atoms with van der Waals surface area (Å²) < 4.78 is 27.0. The maximum Gasteiger partial charge on any atom is 0.315 e. The molecule has 228 valence electrons. The zero-order valence-corrected chi connectivity index (χ0v) is 26.6. The van der Waals surface area contributed by atoms with E-state index in [4.69, 9.17) is 9.47 Å². The Hall–Kier alpha value is -4.31. The van der Waals surface area contributed by atoms with Crippen molar-refractivity contribution >= 4 is 28.6 Å². The summed E-state index contributed by atoms with van der Waals surface area (Å²) in [6, 6.07) is 13.7. The van der Waals surface area contributed by atoms with Gasteiger partial charge in [0.1, 0.15) is 18.3 Å². The highest BCUT2D eigenvalue weighted by Crippen LogP contribution is 2.45. The smallest absolute Gasteiger partial charge is 0.315 e. The minimum Gasteiger partial charge on any atom is -0.487 e. The number of ether oxygens (including phenoxy) is 2. The first-order chi connectivity index (χ1) is 21.0. The Morgan fingerprint density at radius 2 is 1.73 bits per heavy atom. The number of benzene rings is 2. The molecule has 0 aliphatic rings. The SMILES string of the molecule is CCOC(=O)C(Cc1ccc(-c2ncc(F)cn2)cc1)c1c(SC(C)(C)C)c2cc(OCc3cnc(C)cn3)ccc2n1C. The zero-order valence-electron chi connectivity index (χ0n) is 25.8. The second-order valence-electron chi connectivity index (χ2n) is 11.5. The van der Waals surface area contributed by atoms with Gasteiger partial charge in [-0.3, -0.25) is 14.8 Å². The van der Waals surface area contributed by atoms with E-state index in [1.165, 1.54) is 0 Å². The van der Waals surface area contributed by atoms with Crippen LogP contribution in [0.2, 0.25) is 0 Å². The molecule has 0 aliphatic heterocycles. The van der Waals surface area contributed by atoms with Crippen LogP contribution in [-0.4, -0.2) is 41.8 Å². The van der Waals surface area contributed by atoms with Crippen LogP contribution in [0.15, 0.2) is 72.1 Å². The number of thioether (sulfide) groups is 1. The number of aromatic nitrogens is 5. The average molecular weight is 614 g/mol. The number of halogens is 1. The van der Waals surface area contributed by atoms with Gasteiger partial charge in [-0.15, -0.1) is 11.8 Å². The predicted molar refractivity (Wildman–Crippen MR) is 170 cm³/mol. The molecule has 3 aromatic heterocycles. The van der Waals surface area contributed by atoms with Crippen LogP contribution in [0.4, 0.5) is 4.39 Å². The number of carbonyl (C=O) groups is 1. The molecule has 0 saturated carbocycles. The Balaban J connectivity index is 1.52. The van der Waals surface area contributed by atoms with Crippen LogP contribution in [0.1, 0.15) is 56.3 Å². The third kappa shape index (κ3) is 7.24. The first-order valence-electron chi connectivity index (χ1n) is 14.5. The van der Waals surface area contributed by atoms with Crippen LogP contribution in [0.25, 0.3) is 22.3 Å². The van der Waals surface area contributed by atoms with Crippen molar-refractivity contribution in [3.8, 4) is 17.1 Å². The van der Waals surface area contributed by atoms with Gasteiger partial charge in [0.15, 0.2) is 11.6 Å². The second kappa shape index (κ2) is 13.1. The molecule has 0 spiro atoms. The van der Waals surface area contributed by atoms with Crippen LogP contribution in [0.3, 0.4) is 0 Å². The van der Waals surface area contributed by atoms with Gasteiger partial charge in [-0.05, 0) is 44.0 Å². The predicted octanol–water partition coefficient (Wildman–Crippen LogP) is 7.23. The highest BCUT2D eigenvalue weighted by atomic mass is 32.2. The van der Waals surface area contributed by atoms with Gasteiger partial charge in [-0.2, -0.15) is 0 Å². The number of hydrogen-bond acceptors (Lipinski definition) is 8. The summed E-state index contributed by atoms with van der Waals surface area (Å²) in [6.45, 7) is 10.8. The molecule has 0 aliphatic carbocycles. The van der Waals surface area contributed by atoms with Crippen molar-refractivity contribution in [1.82, 2.24) is 24.5 Å². The Morgan fingerprint density at radius 3 is 2.36 bits per heavy atom. The molecule has 0 radical (unpaired) electrons. The lowest BCUT2D eigenvalue weighted by Gasteiger charge is -2.23. The van der Waals surface area contributed by atoms with E-state index >= 15 is 0 Å². The van der Waals surface area contributed by atoms with Crippen molar-refractivity contribution in [2.45, 2.75) is 63.2 Å². The number of rotatable bonds is 10. The monoisotopic (exact) mass is 613 g/mol. The lowest BCUT2D eigenvalue weighted by atomic mass is 9.95. The molecular formula is C34H36FN5O3S. The van der Waals surface area contributed by atoms with Gasteiger partial charge in [0.25, 0.3) is 0 Å². The fourth-order valence-corrected chi connectivity index (χ4v) is 6.25. The van der Waals surface area contributed by atoms with Crippen molar-refractivity contribution in [3.63, 3.8) is 0 Å². The van der Waals surface area contributed by atoms with Crippen LogP contribution in [-0.2, 0) is 29.6 Å². The van der Waals surface area contributed by atoms with Gasteiger partial charge in [0.05, 0.1) is 36.6 Å². The topological polar surface area (TPSA) is 92.0 Å². The standard InChI is InChI=1S/C34H36FN5O3S/c1-7-42-33(41)28(14-22-8-10-23(11-9-22)32-38-17-24(35)18-39-32)30-31(44-34(3,4)5)27-15-26(12-13-29(27)40(30)6)43-20-25-19-36-21(2)16-37-25/h8-13,15-19,28H,7,14,20H2,1-6H3. The number of fused-ring (bicyclic) bond motifs is 1. The van der Waals surface area contributed by atoms with E-state index in [0.717, 1.165) is 56.4 Å². The maximum absolute atomic E-state index is 13.6. The lowest BCUT2D eigenvalue weighted by Crippen LogP contribution is -2.22. The molecule has 5 rings (SSSR count). The largest absolute Gasteiger partial charge is 0.487 e. The highest BCUT2D eigenvalue weighted by Gasteiger charge is 2.32. The van der Waals surface area contributed by atoms with Gasteiger partial charge < -0.3 is 14.0 Å². The maximum atomic E-state index is 13.6. The van der Waals surface area contributed by atoms with Crippen molar-refractivity contribution in [3.05, 3.63) is 95.7 Å². The number of carbonyl (C=O) groups excluding carboxylic acids is 1. The van der Waals surface area contributed by atoms with Crippen molar-refractivity contribution < 1.29 is 18.7 Å². The van der Waals surface area contributed by atoms with E-state index in [1.807, 2.05) is 63.4 Å². The van der Waals surface area contributed by atoms with Crippen LogP contribution in [0.5, 0.6) is 5.75 Å². The second-order valence-corrected chi connectivity index (χ2v) is 13.4. The molecule has 0 amide bonds. The van der Waals surface area contributed by atoms with Crippen molar-refractivity contribution in [2.24, 2.45) is 7.05 Å². The lowest BCUT2D eigenvalue weighted by molar-refractivity contribution is -0.145. The minimum absolute atomic E-state index is 0.132. The van der Waals surface area contributed by atoms with E-state index in [0.29, 0.717) is 24.6 Å². The normalized spacial score (nSPS) is 12.3. The molecule has 5 aromatic rings. The third-order valence-electron chi connectivity index (χ3n) is 6.97. The fraction of sp³-hybridized carbons (Fsp3) is 0.324. The number of nitrogens with zero attached hydrogens (tertiary/aromatic N) is 5. The Morgan fingerprint density at radius 1 is 1.00 bits per heavy atom. The quantitative estimate of drug-likeness (QED) is 0.120. The van der Waals surface area contributed by atoms with Crippen LogP contribution < -0.4 is 4.74 Å². The summed E-state index contributed by atoms with van der Waals surface area (Å²) in [7, 11) is 1.99. The molecule has 3 heterocycles. The van der Waals surface area contributed by atoms with Gasteiger partial charge >= 0.3 is 5.97 Å². The summed E-state index contributed by atoms with van der Waals surface area (Å²) in [5.74, 6) is -0.184. The van der Waals surface area contributed by atoms with Crippen LogP contribution in [0, 0.1) is 12.7 Å². The molecule has 2 aromatic carbocycles. The Bertz CT molecular complexity index is 1750. The molecule has 0 N–H and O–H groups in total. The van der Waals surface area contributed by atoms with Gasteiger partial charge in [-0.1, -0.05) is 45.0 Å². The first kappa shape index (κ1) is 31.1. The van der Waals surface area contributed by atoms with E-state index in [1.54, 1.807) is 24.2 Å². The molecule has 1 atom stereocenters. The molecular weight excluding hydrogens is 577 g/mol. The minimum atomic E-state index is -0.558. The van der Waals surface area contributed by atoms with Crippen molar-refractivity contribution in [1.29, 1.82) is 0 Å². The Kier molecular flexibility index (Phi) is 9.29. The molecule has 10 heteroatoms. The highest BCUT2D eigenvalue weighted by molar-refractivity contribution is 8.00. The summed E-state index contributed by atoms with van der Waals surface area (Å²) in [6.07, 6.45) is 6.17. The Labute approximate surface area is 261 Å². The van der Waals surface area contributed by atoms with E-state index < -0.39 is 11.7 Å². The number of aryl methyl sites for hydroxylation is 2.